The highest BCUT2D eigenvalue weighted by Crippen LogP contribution is 2.43. The lowest BCUT2D eigenvalue weighted by Gasteiger charge is -2.17. The minimum absolute atomic E-state index is 0.897. The van der Waals surface area contributed by atoms with Crippen molar-refractivity contribution in [3.05, 3.63) is 195 Å². The number of rotatable bonds is 5. The molecule has 0 N–H and O–H groups in total. The molecule has 12 rings (SSSR count). The molecule has 0 aliphatic carbocycles. The summed E-state index contributed by atoms with van der Waals surface area (Å²) in [6.45, 7) is 0. The van der Waals surface area contributed by atoms with E-state index < -0.39 is 0 Å². The van der Waals surface area contributed by atoms with E-state index in [1.165, 1.54) is 49.0 Å². The van der Waals surface area contributed by atoms with Gasteiger partial charge in [0, 0.05) is 57.0 Å². The molecule has 0 aliphatic heterocycles. The molecule has 0 aliphatic rings. The number of hydrogen-bond donors (Lipinski definition) is 0. The van der Waals surface area contributed by atoms with Crippen LogP contribution < -0.4 is 0 Å². The van der Waals surface area contributed by atoms with Crippen molar-refractivity contribution in [3.8, 4) is 55.9 Å². The lowest BCUT2D eigenvalue weighted by molar-refractivity contribution is 1.33. The van der Waals surface area contributed by atoms with E-state index in [0.29, 0.717) is 0 Å². The first-order valence-corrected chi connectivity index (χ1v) is 19.6. The third-order valence-corrected chi connectivity index (χ3v) is 11.7. The van der Waals surface area contributed by atoms with Gasteiger partial charge in [-0.3, -0.25) is 9.97 Å². The third kappa shape index (κ3) is 5.23. The summed E-state index contributed by atoms with van der Waals surface area (Å²) >= 11 is 0. The molecule has 0 spiro atoms. The van der Waals surface area contributed by atoms with Crippen molar-refractivity contribution < 1.29 is 0 Å². The summed E-state index contributed by atoms with van der Waals surface area (Å²) in [5.74, 6) is 0. The van der Waals surface area contributed by atoms with E-state index in [4.69, 9.17) is 15.0 Å². The zero-order valence-electron chi connectivity index (χ0n) is 31.3. The van der Waals surface area contributed by atoms with Crippen LogP contribution in [0.4, 0.5) is 0 Å². The molecule has 4 aromatic heterocycles. The molecular weight excluding hydrogens is 705 g/mol. The summed E-state index contributed by atoms with van der Waals surface area (Å²) in [5.41, 5.74) is 13.7. The van der Waals surface area contributed by atoms with Gasteiger partial charge >= 0.3 is 0 Å². The van der Waals surface area contributed by atoms with Gasteiger partial charge in [0.25, 0.3) is 0 Å². The third-order valence-electron chi connectivity index (χ3n) is 11.7. The minimum atomic E-state index is 0.897. The minimum Gasteiger partial charge on any atom is -0.264 e. The normalized spacial score (nSPS) is 11.8. The van der Waals surface area contributed by atoms with E-state index in [0.717, 1.165) is 71.9 Å². The van der Waals surface area contributed by atoms with Crippen LogP contribution in [-0.2, 0) is 0 Å². The predicted molar refractivity (Wildman–Crippen MR) is 241 cm³/mol. The molecule has 0 amide bonds. The maximum absolute atomic E-state index is 5.26. The van der Waals surface area contributed by atoms with Gasteiger partial charge in [-0.05, 0) is 91.0 Å². The number of para-hydroxylation sites is 1. The quantitative estimate of drug-likeness (QED) is 0.165. The van der Waals surface area contributed by atoms with Crippen LogP contribution in [-0.4, -0.2) is 19.9 Å². The molecule has 12 aromatic rings. The number of fused-ring (bicyclic) bond motifs is 4. The monoisotopic (exact) mass is 736 g/mol. The summed E-state index contributed by atoms with van der Waals surface area (Å²) in [4.78, 5) is 19.6. The molecule has 4 heteroatoms. The van der Waals surface area contributed by atoms with Crippen LogP contribution in [0, 0.1) is 0 Å². The number of pyridine rings is 4. The molecule has 58 heavy (non-hydrogen) atoms. The Kier molecular flexibility index (Phi) is 7.20. The van der Waals surface area contributed by atoms with Gasteiger partial charge in [-0.25, -0.2) is 9.97 Å². The van der Waals surface area contributed by atoms with E-state index in [9.17, 15) is 0 Å². The first kappa shape index (κ1) is 32.4. The van der Waals surface area contributed by atoms with E-state index >= 15 is 0 Å². The van der Waals surface area contributed by atoms with Gasteiger partial charge in [0.2, 0.25) is 0 Å². The Morgan fingerprint density at radius 1 is 0.328 bits per heavy atom. The highest BCUT2D eigenvalue weighted by molar-refractivity contribution is 6.27. The maximum Gasteiger partial charge on any atom is 0.0972 e. The van der Waals surface area contributed by atoms with Crippen molar-refractivity contribution in [3.63, 3.8) is 0 Å². The number of aromatic nitrogens is 4. The topological polar surface area (TPSA) is 51.6 Å². The second kappa shape index (κ2) is 12.9. The van der Waals surface area contributed by atoms with Crippen LogP contribution in [0.15, 0.2) is 195 Å². The van der Waals surface area contributed by atoms with Crippen molar-refractivity contribution >= 4 is 65.0 Å². The van der Waals surface area contributed by atoms with Crippen molar-refractivity contribution in [2.45, 2.75) is 0 Å². The number of benzene rings is 8. The molecular formula is C54H32N4. The van der Waals surface area contributed by atoms with E-state index in [-0.39, 0.29) is 0 Å². The zero-order chi connectivity index (χ0) is 38.2. The van der Waals surface area contributed by atoms with Gasteiger partial charge in [0.1, 0.15) is 0 Å². The smallest absolute Gasteiger partial charge is 0.0972 e. The Morgan fingerprint density at radius 3 is 1.62 bits per heavy atom. The lowest BCUT2D eigenvalue weighted by atomic mass is 9.87. The highest BCUT2D eigenvalue weighted by Gasteiger charge is 2.16. The first-order chi connectivity index (χ1) is 28.7. The molecule has 0 fully saturated rings. The van der Waals surface area contributed by atoms with Crippen molar-refractivity contribution in [2.75, 3.05) is 0 Å². The molecule has 4 nitrogen and oxygen atoms in total. The van der Waals surface area contributed by atoms with E-state index in [1.54, 1.807) is 6.20 Å². The summed E-state index contributed by atoms with van der Waals surface area (Å²) < 4.78 is 0. The molecule has 0 atom stereocenters. The van der Waals surface area contributed by atoms with Gasteiger partial charge in [0.15, 0.2) is 0 Å². The SMILES string of the molecule is c1cncc(-c2cccc(-c3ccc4ccc5ccc(-c6ccc(-c7ccc8ccc9c(-c%10cnc%11ccccc%11c%10)ccc%10ccc7c8c%109)cc6)nc5c4n3)c2)c1. The molecule has 0 radical (unpaired) electrons. The Bertz CT molecular complexity index is 3560. The molecule has 0 bridgehead atoms. The average molecular weight is 737 g/mol. The number of hydrogen-bond acceptors (Lipinski definition) is 4. The molecule has 268 valence electrons. The molecule has 0 saturated heterocycles. The van der Waals surface area contributed by atoms with Crippen molar-refractivity contribution in [1.29, 1.82) is 0 Å². The molecule has 0 saturated carbocycles. The Labute approximate surface area is 334 Å². The summed E-state index contributed by atoms with van der Waals surface area (Å²) in [6.07, 6.45) is 5.70. The van der Waals surface area contributed by atoms with E-state index in [1.807, 2.05) is 24.5 Å². The average Bonchev–Trinajstić information content (AvgIpc) is 3.30. The van der Waals surface area contributed by atoms with Gasteiger partial charge in [-0.1, -0.05) is 140 Å². The molecule has 4 heterocycles. The Balaban J connectivity index is 0.925. The van der Waals surface area contributed by atoms with Crippen LogP contribution >= 0.6 is 0 Å². The maximum atomic E-state index is 5.26. The summed E-state index contributed by atoms with van der Waals surface area (Å²) in [7, 11) is 0. The van der Waals surface area contributed by atoms with Gasteiger partial charge in [-0.15, -0.1) is 0 Å². The molecule has 8 aromatic carbocycles. The summed E-state index contributed by atoms with van der Waals surface area (Å²) in [5, 5.41) is 10.9. The first-order valence-electron chi connectivity index (χ1n) is 19.6. The largest absolute Gasteiger partial charge is 0.264 e. The Morgan fingerprint density at radius 2 is 0.914 bits per heavy atom. The Hall–Kier alpha value is -7.82. The second-order valence-electron chi connectivity index (χ2n) is 15.1. The van der Waals surface area contributed by atoms with Crippen LogP contribution in [0.5, 0.6) is 0 Å². The predicted octanol–water partition coefficient (Wildman–Crippen LogP) is 14.0. The lowest BCUT2D eigenvalue weighted by Crippen LogP contribution is -1.92. The van der Waals surface area contributed by atoms with Crippen LogP contribution in [0.25, 0.3) is 121 Å². The van der Waals surface area contributed by atoms with E-state index in [2.05, 4.69) is 169 Å². The van der Waals surface area contributed by atoms with Crippen LogP contribution in [0.2, 0.25) is 0 Å². The van der Waals surface area contributed by atoms with Gasteiger partial charge < -0.3 is 0 Å². The molecule has 0 unspecified atom stereocenters. The second-order valence-corrected chi connectivity index (χ2v) is 15.1. The van der Waals surface area contributed by atoms with Gasteiger partial charge in [0.05, 0.1) is 27.9 Å². The zero-order valence-corrected chi connectivity index (χ0v) is 31.3. The van der Waals surface area contributed by atoms with Crippen LogP contribution in [0.1, 0.15) is 0 Å². The van der Waals surface area contributed by atoms with Crippen molar-refractivity contribution in [2.24, 2.45) is 0 Å². The summed E-state index contributed by atoms with van der Waals surface area (Å²) in [6, 6.07) is 62.9. The fourth-order valence-electron chi connectivity index (χ4n) is 8.82. The fraction of sp³-hybridized carbons (Fsp3) is 0. The standard InChI is InChI=1S/C54H32N4/c1-2-9-48-40(5-1)30-43(32-56-48)45-23-17-36-18-24-46-44(22-16-35-19-25-47(45)52(36)51(35)46)33-10-12-34(13-11-33)49-26-20-37-14-15-38-21-27-50(58-54(38)53(37)57-49)41-7-3-6-39(29-41)42-8-4-28-55-31-42/h1-32H. The fourth-order valence-corrected chi connectivity index (χ4v) is 8.82. The van der Waals surface area contributed by atoms with Crippen LogP contribution in [0.3, 0.4) is 0 Å². The number of nitrogens with zero attached hydrogens (tertiary/aromatic N) is 4. The van der Waals surface area contributed by atoms with Gasteiger partial charge in [-0.2, -0.15) is 0 Å². The highest BCUT2D eigenvalue weighted by atomic mass is 14.8. The van der Waals surface area contributed by atoms with Crippen molar-refractivity contribution in [1.82, 2.24) is 19.9 Å².